The summed E-state index contributed by atoms with van der Waals surface area (Å²) in [5.74, 6) is -1.27. The molecule has 0 bridgehead atoms. The van der Waals surface area contributed by atoms with Crippen molar-refractivity contribution in [1.29, 1.82) is 0 Å². The van der Waals surface area contributed by atoms with Crippen molar-refractivity contribution in [2.75, 3.05) is 0 Å². The van der Waals surface area contributed by atoms with E-state index in [2.05, 4.69) is 15.9 Å². The Morgan fingerprint density at radius 1 is 1.16 bits per heavy atom. The predicted octanol–water partition coefficient (Wildman–Crippen LogP) is 4.15. The lowest BCUT2D eigenvalue weighted by atomic mass is 10.2. The van der Waals surface area contributed by atoms with Crippen molar-refractivity contribution in [3.05, 3.63) is 58.1 Å². The summed E-state index contributed by atoms with van der Waals surface area (Å²) in [6, 6.07) is 8.09. The van der Waals surface area contributed by atoms with Crippen LogP contribution in [0, 0.1) is 11.6 Å². The molecule has 2 nitrogen and oxygen atoms in total. The van der Waals surface area contributed by atoms with Crippen molar-refractivity contribution in [3.63, 3.8) is 0 Å². The van der Waals surface area contributed by atoms with Gasteiger partial charge in [0, 0.05) is 10.5 Å². The number of rotatable bonds is 3. The van der Waals surface area contributed by atoms with Gasteiger partial charge in [-0.25, -0.2) is 8.78 Å². The Morgan fingerprint density at radius 2 is 1.89 bits per heavy atom. The summed E-state index contributed by atoms with van der Waals surface area (Å²) in [5.41, 5.74) is 6.06. The van der Waals surface area contributed by atoms with Crippen molar-refractivity contribution in [1.82, 2.24) is 0 Å². The molecule has 0 atom stereocenters. The van der Waals surface area contributed by atoms with Crippen LogP contribution in [0.25, 0.3) is 0 Å². The van der Waals surface area contributed by atoms with Crippen LogP contribution in [0.15, 0.2) is 40.9 Å². The lowest BCUT2D eigenvalue weighted by molar-refractivity contribution is 0.437. The smallest absolute Gasteiger partial charge is 0.168 e. The minimum Gasteiger partial charge on any atom is -0.453 e. The molecule has 0 unspecified atom stereocenters. The average molecular weight is 344 g/mol. The molecular formula is C13H8BrF2NOS. The lowest BCUT2D eigenvalue weighted by Crippen LogP contribution is -2.11. The van der Waals surface area contributed by atoms with E-state index in [1.165, 1.54) is 6.07 Å². The van der Waals surface area contributed by atoms with Gasteiger partial charge in [-0.2, -0.15) is 0 Å². The third-order valence-electron chi connectivity index (χ3n) is 2.34. The zero-order valence-corrected chi connectivity index (χ0v) is 11.9. The Bertz CT molecular complexity index is 649. The highest BCUT2D eigenvalue weighted by Gasteiger charge is 2.13. The zero-order chi connectivity index (χ0) is 14.0. The van der Waals surface area contributed by atoms with Gasteiger partial charge in [-0.3, -0.25) is 0 Å². The molecule has 98 valence electrons. The van der Waals surface area contributed by atoms with Crippen LogP contribution in [0.5, 0.6) is 11.5 Å². The van der Waals surface area contributed by atoms with Crippen molar-refractivity contribution < 1.29 is 13.5 Å². The van der Waals surface area contributed by atoms with Crippen LogP contribution < -0.4 is 10.5 Å². The van der Waals surface area contributed by atoms with Gasteiger partial charge in [0.2, 0.25) is 0 Å². The molecular weight excluding hydrogens is 336 g/mol. The standard InChI is InChI=1S/C13H8BrF2NOS/c14-8-2-1-3-11(12(8)13(17)19)18-10-5-4-7(15)6-9(10)16/h1-6H,(H2,17,19). The minimum atomic E-state index is -0.797. The fourth-order valence-electron chi connectivity index (χ4n) is 1.50. The van der Waals surface area contributed by atoms with E-state index in [4.69, 9.17) is 22.7 Å². The molecule has 0 amide bonds. The second-order valence-electron chi connectivity index (χ2n) is 3.65. The highest BCUT2D eigenvalue weighted by molar-refractivity contribution is 9.10. The summed E-state index contributed by atoms with van der Waals surface area (Å²) in [6.07, 6.45) is 0. The summed E-state index contributed by atoms with van der Waals surface area (Å²) in [6.45, 7) is 0. The van der Waals surface area contributed by atoms with Crippen molar-refractivity contribution >= 4 is 33.1 Å². The van der Waals surface area contributed by atoms with E-state index in [1.54, 1.807) is 18.2 Å². The number of thiocarbonyl (C=S) groups is 1. The molecule has 0 saturated heterocycles. The van der Waals surface area contributed by atoms with E-state index in [0.29, 0.717) is 15.8 Å². The maximum atomic E-state index is 13.5. The van der Waals surface area contributed by atoms with Gasteiger partial charge >= 0.3 is 0 Å². The maximum absolute atomic E-state index is 13.5. The third kappa shape index (κ3) is 3.08. The van der Waals surface area contributed by atoms with Crippen molar-refractivity contribution in [2.24, 2.45) is 5.73 Å². The second-order valence-corrected chi connectivity index (χ2v) is 4.95. The molecule has 2 aromatic carbocycles. The predicted molar refractivity (Wildman–Crippen MR) is 76.5 cm³/mol. The first-order chi connectivity index (χ1) is 8.99. The first kappa shape index (κ1) is 13.9. The molecule has 0 aromatic heterocycles. The fourth-order valence-corrected chi connectivity index (χ4v) is 2.41. The van der Waals surface area contributed by atoms with Gasteiger partial charge in [0.15, 0.2) is 11.6 Å². The molecule has 0 aliphatic heterocycles. The highest BCUT2D eigenvalue weighted by Crippen LogP contribution is 2.31. The van der Waals surface area contributed by atoms with Crippen LogP contribution in [-0.2, 0) is 0 Å². The van der Waals surface area contributed by atoms with Crippen LogP contribution in [0.1, 0.15) is 5.56 Å². The molecule has 2 aromatic rings. The first-order valence-electron chi connectivity index (χ1n) is 5.20. The molecule has 0 aliphatic carbocycles. The zero-order valence-electron chi connectivity index (χ0n) is 9.49. The number of hydrogen-bond acceptors (Lipinski definition) is 2. The van der Waals surface area contributed by atoms with Crippen molar-refractivity contribution in [3.8, 4) is 11.5 Å². The Kier molecular flexibility index (Phi) is 4.11. The van der Waals surface area contributed by atoms with Gasteiger partial charge < -0.3 is 10.5 Å². The number of ether oxygens (including phenoxy) is 1. The first-order valence-corrected chi connectivity index (χ1v) is 6.40. The summed E-state index contributed by atoms with van der Waals surface area (Å²) in [4.78, 5) is 0.116. The minimum absolute atomic E-state index is 0.1000. The maximum Gasteiger partial charge on any atom is 0.168 e. The topological polar surface area (TPSA) is 35.2 Å². The largest absolute Gasteiger partial charge is 0.453 e. The number of benzene rings is 2. The van der Waals surface area contributed by atoms with Crippen LogP contribution in [-0.4, -0.2) is 4.99 Å². The van der Waals surface area contributed by atoms with Crippen LogP contribution >= 0.6 is 28.1 Å². The number of halogens is 3. The van der Waals surface area contributed by atoms with Crippen LogP contribution in [0.3, 0.4) is 0 Å². The molecule has 0 aliphatic rings. The highest BCUT2D eigenvalue weighted by atomic mass is 79.9. The molecule has 19 heavy (non-hydrogen) atoms. The monoisotopic (exact) mass is 343 g/mol. The SMILES string of the molecule is NC(=S)c1c(Br)cccc1Oc1ccc(F)cc1F. The van der Waals surface area contributed by atoms with E-state index in [0.717, 1.165) is 12.1 Å². The Morgan fingerprint density at radius 3 is 2.53 bits per heavy atom. The molecule has 0 heterocycles. The fraction of sp³-hybridized carbons (Fsp3) is 0. The van der Waals surface area contributed by atoms with Gasteiger partial charge in [0.05, 0.1) is 5.56 Å². The number of hydrogen-bond donors (Lipinski definition) is 1. The third-order valence-corrected chi connectivity index (χ3v) is 3.20. The van der Waals surface area contributed by atoms with Gasteiger partial charge in [-0.1, -0.05) is 18.3 Å². The number of nitrogens with two attached hydrogens (primary N) is 1. The summed E-state index contributed by atoms with van der Waals surface area (Å²) in [5, 5.41) is 0. The molecule has 0 spiro atoms. The normalized spacial score (nSPS) is 10.3. The van der Waals surface area contributed by atoms with E-state index in [-0.39, 0.29) is 10.7 Å². The molecule has 0 radical (unpaired) electrons. The van der Waals surface area contributed by atoms with Crippen molar-refractivity contribution in [2.45, 2.75) is 0 Å². The molecule has 2 N–H and O–H groups in total. The van der Waals surface area contributed by atoms with Crippen LogP contribution in [0.4, 0.5) is 8.78 Å². The summed E-state index contributed by atoms with van der Waals surface area (Å²) < 4.78 is 32.4. The van der Waals surface area contributed by atoms with Gasteiger partial charge in [0.25, 0.3) is 0 Å². The lowest BCUT2D eigenvalue weighted by Gasteiger charge is -2.12. The molecule has 2 rings (SSSR count). The average Bonchev–Trinajstić information content (AvgIpc) is 2.32. The quantitative estimate of drug-likeness (QED) is 0.850. The van der Waals surface area contributed by atoms with E-state index >= 15 is 0 Å². The summed E-state index contributed by atoms with van der Waals surface area (Å²) >= 11 is 8.21. The Labute approximate surface area is 122 Å². The van der Waals surface area contributed by atoms with Gasteiger partial charge in [0.1, 0.15) is 16.6 Å². The van der Waals surface area contributed by atoms with Crippen LogP contribution in [0.2, 0.25) is 0 Å². The second kappa shape index (κ2) is 5.63. The molecule has 0 fully saturated rings. The summed E-state index contributed by atoms with van der Waals surface area (Å²) in [7, 11) is 0. The Hall–Kier alpha value is -1.53. The van der Waals surface area contributed by atoms with Gasteiger partial charge in [-0.15, -0.1) is 0 Å². The van der Waals surface area contributed by atoms with Gasteiger partial charge in [-0.05, 0) is 40.2 Å². The van der Waals surface area contributed by atoms with E-state index < -0.39 is 11.6 Å². The molecule has 0 saturated carbocycles. The van der Waals surface area contributed by atoms with E-state index in [9.17, 15) is 8.78 Å². The Balaban J connectivity index is 2.44. The van der Waals surface area contributed by atoms with E-state index in [1.807, 2.05) is 0 Å². The molecule has 6 heteroatoms.